The molecular formula is C14H16N4OS. The maximum Gasteiger partial charge on any atom is 0.102 e. The summed E-state index contributed by atoms with van der Waals surface area (Å²) in [5, 5.41) is 23.6. The lowest BCUT2D eigenvalue weighted by Crippen LogP contribution is -2.01. The number of aromatic nitrogens is 3. The van der Waals surface area contributed by atoms with Crippen molar-refractivity contribution in [3.05, 3.63) is 41.5 Å². The number of aryl methyl sites for hydroxylation is 1. The minimum atomic E-state index is 0.175. The zero-order chi connectivity index (χ0) is 13.8. The Morgan fingerprint density at radius 1 is 1.30 bits per heavy atom. The zero-order valence-corrected chi connectivity index (χ0v) is 11.8. The van der Waals surface area contributed by atoms with E-state index in [1.165, 1.54) is 10.1 Å². The summed E-state index contributed by atoms with van der Waals surface area (Å²) in [6, 6.07) is 8.47. The van der Waals surface area contributed by atoms with Gasteiger partial charge in [-0.3, -0.25) is 4.68 Å². The highest BCUT2D eigenvalue weighted by Gasteiger charge is 2.02. The number of aliphatic hydroxyl groups is 1. The lowest BCUT2D eigenvalue weighted by atomic mass is 10.2. The zero-order valence-electron chi connectivity index (χ0n) is 11.0. The summed E-state index contributed by atoms with van der Waals surface area (Å²) in [5.41, 5.74) is 1.98. The number of anilines is 1. The molecule has 0 saturated heterocycles. The Morgan fingerprint density at radius 3 is 3.15 bits per heavy atom. The van der Waals surface area contributed by atoms with E-state index in [0.717, 1.165) is 11.4 Å². The first-order valence-electron chi connectivity index (χ1n) is 6.56. The smallest absolute Gasteiger partial charge is 0.102 e. The number of benzene rings is 1. The molecule has 0 radical (unpaired) electrons. The van der Waals surface area contributed by atoms with Crippen LogP contribution in [0.15, 0.2) is 35.8 Å². The van der Waals surface area contributed by atoms with Crippen LogP contribution in [0.3, 0.4) is 0 Å². The van der Waals surface area contributed by atoms with Crippen molar-refractivity contribution >= 4 is 27.1 Å². The molecule has 104 valence electrons. The normalized spacial score (nSPS) is 11.1. The van der Waals surface area contributed by atoms with Crippen LogP contribution in [0.25, 0.3) is 10.1 Å². The fraction of sp³-hybridized carbons (Fsp3) is 0.286. The van der Waals surface area contributed by atoms with Gasteiger partial charge in [0.25, 0.3) is 0 Å². The predicted octanol–water partition coefficient (Wildman–Crippen LogP) is 2.49. The highest BCUT2D eigenvalue weighted by atomic mass is 32.1. The summed E-state index contributed by atoms with van der Waals surface area (Å²) in [7, 11) is 0. The molecule has 2 heterocycles. The molecule has 0 aliphatic rings. The van der Waals surface area contributed by atoms with Gasteiger partial charge in [-0.2, -0.15) is 0 Å². The summed E-state index contributed by atoms with van der Waals surface area (Å²) >= 11 is 1.75. The molecule has 0 unspecified atom stereocenters. The largest absolute Gasteiger partial charge is 0.396 e. The number of fused-ring (bicyclic) bond motifs is 1. The molecule has 0 atom stereocenters. The molecule has 1 aromatic carbocycles. The van der Waals surface area contributed by atoms with E-state index in [9.17, 15) is 0 Å². The lowest BCUT2D eigenvalue weighted by molar-refractivity contribution is 0.276. The molecule has 2 aromatic heterocycles. The Kier molecular flexibility index (Phi) is 3.94. The topological polar surface area (TPSA) is 63.0 Å². The molecule has 3 rings (SSSR count). The molecule has 0 aliphatic carbocycles. The van der Waals surface area contributed by atoms with Crippen LogP contribution >= 0.6 is 11.3 Å². The van der Waals surface area contributed by atoms with Crippen LogP contribution in [0, 0.1) is 0 Å². The van der Waals surface area contributed by atoms with E-state index in [1.807, 2.05) is 6.20 Å². The SMILES string of the molecule is OCCCn1cc(CNc2ccc3sccc3c2)nn1. The highest BCUT2D eigenvalue weighted by Crippen LogP contribution is 2.24. The van der Waals surface area contributed by atoms with Gasteiger partial charge in [0.1, 0.15) is 5.69 Å². The Labute approximate surface area is 120 Å². The first-order chi connectivity index (χ1) is 9.85. The van der Waals surface area contributed by atoms with E-state index in [-0.39, 0.29) is 6.61 Å². The van der Waals surface area contributed by atoms with Gasteiger partial charge in [0.2, 0.25) is 0 Å². The van der Waals surface area contributed by atoms with Gasteiger partial charge in [-0.15, -0.1) is 16.4 Å². The maximum atomic E-state index is 8.78. The van der Waals surface area contributed by atoms with Crippen LogP contribution in [-0.4, -0.2) is 26.7 Å². The van der Waals surface area contributed by atoms with Crippen LogP contribution in [-0.2, 0) is 13.1 Å². The third kappa shape index (κ3) is 2.97. The first-order valence-corrected chi connectivity index (χ1v) is 7.44. The standard InChI is InChI=1S/C14H16N4OS/c19-6-1-5-18-10-13(16-17-18)9-15-12-2-3-14-11(8-12)4-7-20-14/h2-4,7-8,10,15,19H,1,5-6,9H2. The molecule has 0 saturated carbocycles. The van der Waals surface area contributed by atoms with Crippen LogP contribution in [0.1, 0.15) is 12.1 Å². The average Bonchev–Trinajstić information content (AvgIpc) is 3.11. The molecule has 0 amide bonds. The van der Waals surface area contributed by atoms with Crippen molar-refractivity contribution in [2.24, 2.45) is 0 Å². The van der Waals surface area contributed by atoms with Gasteiger partial charge in [0.05, 0.1) is 12.7 Å². The van der Waals surface area contributed by atoms with Crippen LogP contribution in [0.4, 0.5) is 5.69 Å². The summed E-state index contributed by atoms with van der Waals surface area (Å²) in [5.74, 6) is 0. The van der Waals surface area contributed by atoms with Crippen LogP contribution < -0.4 is 5.32 Å². The van der Waals surface area contributed by atoms with Crippen LogP contribution in [0.2, 0.25) is 0 Å². The Bertz CT molecular complexity index is 691. The molecule has 6 heteroatoms. The molecule has 2 N–H and O–H groups in total. The minimum Gasteiger partial charge on any atom is -0.396 e. The third-order valence-corrected chi connectivity index (χ3v) is 3.96. The van der Waals surface area contributed by atoms with E-state index < -0.39 is 0 Å². The summed E-state index contributed by atoms with van der Waals surface area (Å²) in [4.78, 5) is 0. The van der Waals surface area contributed by atoms with E-state index in [2.05, 4.69) is 45.3 Å². The Morgan fingerprint density at radius 2 is 2.25 bits per heavy atom. The molecule has 0 bridgehead atoms. The summed E-state index contributed by atoms with van der Waals surface area (Å²) < 4.78 is 3.06. The highest BCUT2D eigenvalue weighted by molar-refractivity contribution is 7.17. The Balaban J connectivity index is 1.62. The van der Waals surface area contributed by atoms with Crippen molar-refractivity contribution < 1.29 is 5.11 Å². The molecule has 20 heavy (non-hydrogen) atoms. The van der Waals surface area contributed by atoms with E-state index >= 15 is 0 Å². The number of nitrogens with one attached hydrogen (secondary N) is 1. The second kappa shape index (κ2) is 6.02. The van der Waals surface area contributed by atoms with Crippen molar-refractivity contribution in [1.29, 1.82) is 0 Å². The number of hydrogen-bond donors (Lipinski definition) is 2. The second-order valence-corrected chi connectivity index (χ2v) is 5.52. The summed E-state index contributed by atoms with van der Waals surface area (Å²) in [6.45, 7) is 1.52. The fourth-order valence-corrected chi connectivity index (χ4v) is 2.80. The van der Waals surface area contributed by atoms with E-state index in [4.69, 9.17) is 5.11 Å². The van der Waals surface area contributed by atoms with Gasteiger partial charge in [-0.1, -0.05) is 5.21 Å². The van der Waals surface area contributed by atoms with Crippen molar-refractivity contribution in [3.63, 3.8) is 0 Å². The van der Waals surface area contributed by atoms with Crippen molar-refractivity contribution in [3.8, 4) is 0 Å². The molecule has 3 aromatic rings. The van der Waals surface area contributed by atoms with Gasteiger partial charge in [0.15, 0.2) is 0 Å². The van der Waals surface area contributed by atoms with E-state index in [0.29, 0.717) is 19.5 Å². The van der Waals surface area contributed by atoms with Gasteiger partial charge in [0, 0.05) is 23.5 Å². The maximum absolute atomic E-state index is 8.78. The quantitative estimate of drug-likeness (QED) is 0.731. The Hall–Kier alpha value is -1.92. The molecule has 0 spiro atoms. The van der Waals surface area contributed by atoms with Crippen LogP contribution in [0.5, 0.6) is 0 Å². The van der Waals surface area contributed by atoms with Crippen molar-refractivity contribution in [2.45, 2.75) is 19.5 Å². The molecule has 0 fully saturated rings. The van der Waals surface area contributed by atoms with Gasteiger partial charge >= 0.3 is 0 Å². The van der Waals surface area contributed by atoms with Crippen molar-refractivity contribution in [1.82, 2.24) is 15.0 Å². The number of aliphatic hydroxyl groups excluding tert-OH is 1. The number of nitrogens with zero attached hydrogens (tertiary/aromatic N) is 3. The first kappa shape index (κ1) is 13.1. The molecular weight excluding hydrogens is 272 g/mol. The number of thiophene rings is 1. The second-order valence-electron chi connectivity index (χ2n) is 4.58. The molecule has 0 aliphatic heterocycles. The fourth-order valence-electron chi connectivity index (χ4n) is 2.03. The monoisotopic (exact) mass is 288 g/mol. The predicted molar refractivity (Wildman–Crippen MR) is 80.9 cm³/mol. The average molecular weight is 288 g/mol. The number of rotatable bonds is 6. The van der Waals surface area contributed by atoms with E-state index in [1.54, 1.807) is 16.0 Å². The van der Waals surface area contributed by atoms with Crippen molar-refractivity contribution in [2.75, 3.05) is 11.9 Å². The lowest BCUT2D eigenvalue weighted by Gasteiger charge is -2.03. The minimum absolute atomic E-state index is 0.175. The van der Waals surface area contributed by atoms with Gasteiger partial charge in [-0.05, 0) is 41.5 Å². The van der Waals surface area contributed by atoms with Gasteiger partial charge in [-0.25, -0.2) is 0 Å². The number of hydrogen-bond acceptors (Lipinski definition) is 5. The summed E-state index contributed by atoms with van der Waals surface area (Å²) in [6.07, 6.45) is 2.61. The van der Waals surface area contributed by atoms with Gasteiger partial charge < -0.3 is 10.4 Å². The molecule has 5 nitrogen and oxygen atoms in total. The third-order valence-electron chi connectivity index (χ3n) is 3.06.